The molecule has 0 aromatic heterocycles. The number of benzene rings is 2. The summed E-state index contributed by atoms with van der Waals surface area (Å²) in [5.41, 5.74) is 1.71. The van der Waals surface area contributed by atoms with E-state index in [1.807, 2.05) is 30.3 Å². The molecular weight excluding hydrogens is 320 g/mol. The summed E-state index contributed by atoms with van der Waals surface area (Å²) in [6, 6.07) is 15.6. The third-order valence-electron chi connectivity index (χ3n) is 3.81. The number of quaternary nitrogens is 1. The van der Waals surface area contributed by atoms with Gasteiger partial charge in [-0.25, -0.2) is 0 Å². The van der Waals surface area contributed by atoms with Crippen molar-refractivity contribution in [2.24, 2.45) is 0 Å². The Bertz CT molecular complexity index is 686. The molecule has 0 bridgehead atoms. The SMILES string of the molecule is COc1ccc(CC[NH2+][C@H](CC(=O)Nc2ccccc2)C(=O)[O-])cc1. The van der Waals surface area contributed by atoms with Gasteiger partial charge in [0.2, 0.25) is 5.91 Å². The molecule has 0 heterocycles. The Labute approximate surface area is 146 Å². The maximum atomic E-state index is 12.0. The van der Waals surface area contributed by atoms with E-state index in [0.29, 0.717) is 18.7 Å². The monoisotopic (exact) mass is 342 g/mol. The van der Waals surface area contributed by atoms with Crippen LogP contribution in [0.25, 0.3) is 0 Å². The number of anilines is 1. The first-order valence-electron chi connectivity index (χ1n) is 8.10. The Morgan fingerprint density at radius 1 is 1.12 bits per heavy atom. The van der Waals surface area contributed by atoms with Crippen molar-refractivity contribution in [3.05, 3.63) is 60.2 Å². The van der Waals surface area contributed by atoms with Crippen LogP contribution in [0.1, 0.15) is 12.0 Å². The zero-order valence-corrected chi connectivity index (χ0v) is 14.1. The van der Waals surface area contributed by atoms with Crippen LogP contribution in [0.15, 0.2) is 54.6 Å². The maximum absolute atomic E-state index is 12.0. The van der Waals surface area contributed by atoms with E-state index < -0.39 is 12.0 Å². The number of carboxylic acid groups (broad SMARTS) is 1. The molecule has 0 aliphatic carbocycles. The largest absolute Gasteiger partial charge is 0.544 e. The lowest BCUT2D eigenvalue weighted by atomic mass is 10.1. The van der Waals surface area contributed by atoms with Crippen molar-refractivity contribution >= 4 is 17.6 Å². The van der Waals surface area contributed by atoms with Crippen LogP contribution in [0.3, 0.4) is 0 Å². The fourth-order valence-electron chi connectivity index (χ4n) is 2.44. The van der Waals surface area contributed by atoms with E-state index >= 15 is 0 Å². The van der Waals surface area contributed by atoms with Crippen molar-refractivity contribution in [1.82, 2.24) is 0 Å². The van der Waals surface area contributed by atoms with E-state index in [4.69, 9.17) is 4.74 Å². The summed E-state index contributed by atoms with van der Waals surface area (Å²) in [6.07, 6.45) is 0.550. The highest BCUT2D eigenvalue weighted by molar-refractivity contribution is 5.93. The van der Waals surface area contributed by atoms with Gasteiger partial charge in [0.15, 0.2) is 0 Å². The summed E-state index contributed by atoms with van der Waals surface area (Å²) in [5.74, 6) is -0.808. The zero-order chi connectivity index (χ0) is 18.1. The zero-order valence-electron chi connectivity index (χ0n) is 14.1. The average Bonchev–Trinajstić information content (AvgIpc) is 2.62. The molecular formula is C19H22N2O4. The predicted octanol–water partition coefficient (Wildman–Crippen LogP) is -0.0516. The molecule has 0 unspecified atom stereocenters. The maximum Gasteiger partial charge on any atom is 0.230 e. The Kier molecular flexibility index (Phi) is 6.98. The lowest BCUT2D eigenvalue weighted by molar-refractivity contribution is -0.682. The molecule has 2 aromatic rings. The first-order chi connectivity index (χ1) is 12.1. The second-order valence-electron chi connectivity index (χ2n) is 5.67. The number of carbonyl (C=O) groups is 2. The first kappa shape index (κ1) is 18.5. The third-order valence-corrected chi connectivity index (χ3v) is 3.81. The molecule has 0 aliphatic rings. The molecule has 25 heavy (non-hydrogen) atoms. The molecule has 0 fully saturated rings. The van der Waals surface area contributed by atoms with Gasteiger partial charge < -0.3 is 25.3 Å². The van der Waals surface area contributed by atoms with Crippen molar-refractivity contribution in [2.75, 3.05) is 19.0 Å². The summed E-state index contributed by atoms with van der Waals surface area (Å²) in [5, 5.41) is 15.6. The van der Waals surface area contributed by atoms with E-state index in [9.17, 15) is 14.7 Å². The predicted molar refractivity (Wildman–Crippen MR) is 92.0 cm³/mol. The van der Waals surface area contributed by atoms with Crippen molar-refractivity contribution in [2.45, 2.75) is 18.9 Å². The minimum Gasteiger partial charge on any atom is -0.544 e. The third kappa shape index (κ3) is 6.27. The molecule has 132 valence electrons. The molecule has 0 saturated carbocycles. The van der Waals surface area contributed by atoms with Crippen molar-refractivity contribution in [3.63, 3.8) is 0 Å². The fourth-order valence-corrected chi connectivity index (χ4v) is 2.44. The van der Waals surface area contributed by atoms with E-state index in [2.05, 4.69) is 5.32 Å². The van der Waals surface area contributed by atoms with Crippen LogP contribution < -0.4 is 20.5 Å². The van der Waals surface area contributed by atoms with Gasteiger partial charge in [-0.2, -0.15) is 0 Å². The molecule has 0 radical (unpaired) electrons. The summed E-state index contributed by atoms with van der Waals surface area (Å²) in [4.78, 5) is 23.3. The number of aliphatic carboxylic acids is 1. The van der Waals surface area contributed by atoms with Gasteiger partial charge in [0.05, 0.1) is 26.0 Å². The van der Waals surface area contributed by atoms with Crippen molar-refractivity contribution in [1.29, 1.82) is 0 Å². The summed E-state index contributed by atoms with van der Waals surface area (Å²) in [7, 11) is 1.60. The quantitative estimate of drug-likeness (QED) is 0.668. The molecule has 0 spiro atoms. The van der Waals surface area contributed by atoms with Crippen molar-refractivity contribution < 1.29 is 24.7 Å². The highest BCUT2D eigenvalue weighted by Crippen LogP contribution is 2.11. The van der Waals surface area contributed by atoms with Crippen LogP contribution in [0.2, 0.25) is 0 Å². The van der Waals surface area contributed by atoms with Crippen LogP contribution in [-0.2, 0) is 16.0 Å². The Hall–Kier alpha value is -2.86. The fraction of sp³-hybridized carbons (Fsp3) is 0.263. The number of amides is 1. The van der Waals surface area contributed by atoms with Crippen molar-refractivity contribution in [3.8, 4) is 5.75 Å². The molecule has 6 nitrogen and oxygen atoms in total. The molecule has 2 rings (SSSR count). The van der Waals surface area contributed by atoms with E-state index in [-0.39, 0.29) is 12.3 Å². The lowest BCUT2D eigenvalue weighted by Crippen LogP contribution is -2.93. The molecule has 0 aliphatic heterocycles. The number of hydrogen-bond acceptors (Lipinski definition) is 4. The Morgan fingerprint density at radius 2 is 1.80 bits per heavy atom. The molecule has 0 saturated heterocycles. The summed E-state index contributed by atoms with van der Waals surface area (Å²) < 4.78 is 5.10. The van der Waals surface area contributed by atoms with Crippen LogP contribution in [-0.4, -0.2) is 31.6 Å². The number of nitrogens with two attached hydrogens (primary N) is 1. The number of rotatable bonds is 9. The number of methoxy groups -OCH3 is 1. The molecule has 1 atom stereocenters. The topological polar surface area (TPSA) is 95.1 Å². The number of hydrogen-bond donors (Lipinski definition) is 2. The molecule has 1 amide bonds. The van der Waals surface area contributed by atoms with Gasteiger partial charge in [-0.15, -0.1) is 0 Å². The number of ether oxygens (including phenoxy) is 1. The number of para-hydroxylation sites is 1. The van der Waals surface area contributed by atoms with Gasteiger partial charge in [-0.05, 0) is 29.8 Å². The highest BCUT2D eigenvalue weighted by Gasteiger charge is 2.18. The minimum atomic E-state index is -1.24. The molecule has 6 heteroatoms. The van der Waals surface area contributed by atoms with E-state index in [1.165, 1.54) is 0 Å². The van der Waals surface area contributed by atoms with E-state index in [1.54, 1.807) is 36.7 Å². The Balaban J connectivity index is 1.81. The summed E-state index contributed by atoms with van der Waals surface area (Å²) in [6.45, 7) is 0.545. The second kappa shape index (κ2) is 9.44. The minimum absolute atomic E-state index is 0.139. The standard InChI is InChI=1S/C19H22N2O4/c1-25-16-9-7-14(8-10-16)11-12-20-17(19(23)24)13-18(22)21-15-5-3-2-4-6-15/h2-10,17,20H,11-13H2,1H3,(H,21,22)(H,23,24)/t17-/m1/s1. The van der Waals surface area contributed by atoms with Crippen LogP contribution in [0, 0.1) is 0 Å². The summed E-state index contributed by atoms with van der Waals surface area (Å²) >= 11 is 0. The number of carboxylic acids is 1. The van der Waals surface area contributed by atoms with Gasteiger partial charge >= 0.3 is 0 Å². The average molecular weight is 342 g/mol. The van der Waals surface area contributed by atoms with Crippen LogP contribution in [0.5, 0.6) is 5.75 Å². The lowest BCUT2D eigenvalue weighted by Gasteiger charge is -2.16. The highest BCUT2D eigenvalue weighted by atomic mass is 16.5. The van der Waals surface area contributed by atoms with Gasteiger partial charge in [0.1, 0.15) is 11.8 Å². The number of carbonyl (C=O) groups excluding carboxylic acids is 2. The van der Waals surface area contributed by atoms with E-state index in [0.717, 1.165) is 11.3 Å². The van der Waals surface area contributed by atoms with Crippen LogP contribution >= 0.6 is 0 Å². The van der Waals surface area contributed by atoms with Crippen LogP contribution in [0.4, 0.5) is 5.69 Å². The second-order valence-corrected chi connectivity index (χ2v) is 5.67. The molecule has 3 N–H and O–H groups in total. The Morgan fingerprint density at radius 3 is 2.40 bits per heavy atom. The smallest absolute Gasteiger partial charge is 0.230 e. The van der Waals surface area contributed by atoms with Gasteiger partial charge in [0.25, 0.3) is 0 Å². The molecule has 2 aromatic carbocycles. The first-order valence-corrected chi connectivity index (χ1v) is 8.10. The van der Waals surface area contributed by atoms with Gasteiger partial charge in [-0.1, -0.05) is 30.3 Å². The van der Waals surface area contributed by atoms with Gasteiger partial charge in [-0.3, -0.25) is 4.79 Å². The number of nitrogens with one attached hydrogen (secondary N) is 1. The normalized spacial score (nSPS) is 11.6. The van der Waals surface area contributed by atoms with Gasteiger partial charge in [0, 0.05) is 12.1 Å².